The molecule has 0 spiro atoms. The van der Waals surface area contributed by atoms with Crippen molar-refractivity contribution >= 4 is 23.8 Å². The normalized spacial score (nSPS) is 11.0. The molecule has 0 aliphatic heterocycles. The van der Waals surface area contributed by atoms with Gasteiger partial charge in [-0.15, -0.1) is 0 Å². The molecule has 0 radical (unpaired) electrons. The number of hydrogen-bond acceptors (Lipinski definition) is 3. The molecule has 0 bridgehead atoms. The van der Waals surface area contributed by atoms with Gasteiger partial charge in [-0.05, 0) is 38.7 Å². The second-order valence-corrected chi connectivity index (χ2v) is 5.52. The van der Waals surface area contributed by atoms with E-state index in [1.165, 1.54) is 0 Å². The van der Waals surface area contributed by atoms with Crippen molar-refractivity contribution in [3.63, 3.8) is 0 Å². The number of carboxylic acids is 1. The predicted molar refractivity (Wildman–Crippen MR) is 70.5 cm³/mol. The summed E-state index contributed by atoms with van der Waals surface area (Å²) in [4.78, 5) is 22.0. The summed E-state index contributed by atoms with van der Waals surface area (Å²) in [7, 11) is 0. The number of carbonyl (C=O) groups excluding carboxylic acids is 1. The Morgan fingerprint density at radius 2 is 1.94 bits per heavy atom. The second kappa shape index (κ2) is 8.22. The number of aliphatic carboxylic acids is 1. The minimum absolute atomic E-state index is 0.0904. The number of amides is 2. The van der Waals surface area contributed by atoms with Crippen molar-refractivity contribution in [3.05, 3.63) is 0 Å². The quantitative estimate of drug-likeness (QED) is 0.582. The zero-order valence-electron chi connectivity index (χ0n) is 10.7. The fourth-order valence-corrected chi connectivity index (χ4v) is 1.84. The Labute approximate surface area is 107 Å². The molecule has 0 fully saturated rings. The van der Waals surface area contributed by atoms with Crippen LogP contribution in [-0.4, -0.2) is 41.2 Å². The van der Waals surface area contributed by atoms with Crippen LogP contribution >= 0.6 is 11.8 Å². The number of hydrogen-bond donors (Lipinski definition) is 3. The van der Waals surface area contributed by atoms with Crippen molar-refractivity contribution in [2.75, 3.05) is 18.6 Å². The van der Waals surface area contributed by atoms with Crippen LogP contribution < -0.4 is 10.6 Å². The molecule has 0 heterocycles. The van der Waals surface area contributed by atoms with Crippen molar-refractivity contribution in [2.24, 2.45) is 0 Å². The van der Waals surface area contributed by atoms with Gasteiger partial charge in [0.05, 0.1) is 6.42 Å². The molecule has 0 saturated heterocycles. The molecule has 0 atom stereocenters. The summed E-state index contributed by atoms with van der Waals surface area (Å²) in [6.45, 7) is 4.00. The van der Waals surface area contributed by atoms with E-state index in [1.807, 2.05) is 0 Å². The second-order valence-electron chi connectivity index (χ2n) is 4.54. The summed E-state index contributed by atoms with van der Waals surface area (Å²) in [5.74, 6) is 0.170. The Morgan fingerprint density at radius 1 is 1.29 bits per heavy atom. The molecule has 0 aromatic rings. The highest BCUT2D eigenvalue weighted by Crippen LogP contribution is 2.07. The fourth-order valence-electron chi connectivity index (χ4n) is 1.35. The molecule has 0 aliphatic carbocycles. The lowest BCUT2D eigenvalue weighted by molar-refractivity contribution is -0.138. The van der Waals surface area contributed by atoms with Crippen molar-refractivity contribution in [2.45, 2.75) is 38.6 Å². The van der Waals surface area contributed by atoms with Crippen LogP contribution in [0.4, 0.5) is 4.79 Å². The summed E-state index contributed by atoms with van der Waals surface area (Å²) in [6.07, 6.45) is 3.97. The van der Waals surface area contributed by atoms with Gasteiger partial charge in [-0.1, -0.05) is 0 Å². The molecule has 0 aromatic carbocycles. The maximum Gasteiger partial charge on any atom is 0.315 e. The van der Waals surface area contributed by atoms with E-state index in [0.29, 0.717) is 6.54 Å². The highest BCUT2D eigenvalue weighted by atomic mass is 32.2. The van der Waals surface area contributed by atoms with Gasteiger partial charge >= 0.3 is 12.0 Å². The number of carbonyl (C=O) groups is 2. The van der Waals surface area contributed by atoms with E-state index in [1.54, 1.807) is 25.6 Å². The standard InChI is InChI=1S/C11H22N2O3S/c1-11(2,8-9(14)15)13-10(16)12-6-4-5-7-17-3/h4-8H2,1-3H3,(H,14,15)(H2,12,13,16). The van der Waals surface area contributed by atoms with Crippen molar-refractivity contribution in [3.8, 4) is 0 Å². The summed E-state index contributed by atoms with van der Waals surface area (Å²) in [5, 5.41) is 14.0. The number of rotatable bonds is 8. The van der Waals surface area contributed by atoms with Gasteiger partial charge in [0.1, 0.15) is 0 Å². The summed E-state index contributed by atoms with van der Waals surface area (Å²) in [6, 6.07) is -0.305. The Morgan fingerprint density at radius 3 is 2.47 bits per heavy atom. The average molecular weight is 262 g/mol. The van der Waals surface area contributed by atoms with Gasteiger partial charge in [-0.2, -0.15) is 11.8 Å². The van der Waals surface area contributed by atoms with Crippen LogP contribution in [-0.2, 0) is 4.79 Å². The van der Waals surface area contributed by atoms with Gasteiger partial charge in [-0.25, -0.2) is 4.79 Å². The van der Waals surface area contributed by atoms with Crippen LogP contribution in [0, 0.1) is 0 Å². The SMILES string of the molecule is CSCCCCNC(=O)NC(C)(C)CC(=O)O. The monoisotopic (exact) mass is 262 g/mol. The lowest BCUT2D eigenvalue weighted by Gasteiger charge is -2.24. The smallest absolute Gasteiger partial charge is 0.315 e. The minimum Gasteiger partial charge on any atom is -0.481 e. The van der Waals surface area contributed by atoms with Gasteiger partial charge in [0.15, 0.2) is 0 Å². The van der Waals surface area contributed by atoms with Gasteiger partial charge in [0, 0.05) is 12.1 Å². The molecule has 0 aromatic heterocycles. The van der Waals surface area contributed by atoms with Crippen LogP contribution in [0.15, 0.2) is 0 Å². The van der Waals surface area contributed by atoms with Crippen molar-refractivity contribution in [1.29, 1.82) is 0 Å². The van der Waals surface area contributed by atoms with Crippen molar-refractivity contribution in [1.82, 2.24) is 10.6 Å². The number of nitrogens with one attached hydrogen (secondary N) is 2. The summed E-state index contributed by atoms with van der Waals surface area (Å²) < 4.78 is 0. The molecule has 0 saturated carbocycles. The molecule has 17 heavy (non-hydrogen) atoms. The molecule has 5 nitrogen and oxygen atoms in total. The lowest BCUT2D eigenvalue weighted by Crippen LogP contribution is -2.49. The molecule has 6 heteroatoms. The zero-order chi connectivity index (χ0) is 13.3. The maximum atomic E-state index is 11.5. The third kappa shape index (κ3) is 9.99. The highest BCUT2D eigenvalue weighted by molar-refractivity contribution is 7.98. The molecule has 100 valence electrons. The van der Waals surface area contributed by atoms with E-state index >= 15 is 0 Å². The molecule has 0 unspecified atom stereocenters. The number of carboxylic acid groups (broad SMARTS) is 1. The van der Waals surface area contributed by atoms with Crippen LogP contribution in [0.2, 0.25) is 0 Å². The largest absolute Gasteiger partial charge is 0.481 e. The predicted octanol–water partition coefficient (Wildman–Crippen LogP) is 1.68. The van der Waals surface area contributed by atoms with Crippen LogP contribution in [0.3, 0.4) is 0 Å². The molecule has 3 N–H and O–H groups in total. The van der Waals surface area contributed by atoms with Gasteiger partial charge in [-0.3, -0.25) is 4.79 Å². The van der Waals surface area contributed by atoms with E-state index < -0.39 is 11.5 Å². The number of thioether (sulfide) groups is 1. The first-order valence-electron chi connectivity index (χ1n) is 5.64. The topological polar surface area (TPSA) is 78.4 Å². The van der Waals surface area contributed by atoms with E-state index in [-0.39, 0.29) is 12.5 Å². The third-order valence-corrected chi connectivity index (χ3v) is 2.80. The Kier molecular flexibility index (Phi) is 7.78. The first-order valence-corrected chi connectivity index (χ1v) is 7.03. The summed E-state index contributed by atoms with van der Waals surface area (Å²) in [5.41, 5.74) is -0.727. The van der Waals surface area contributed by atoms with Crippen LogP contribution in [0.25, 0.3) is 0 Å². The Balaban J connectivity index is 3.73. The Bertz CT molecular complexity index is 257. The van der Waals surface area contributed by atoms with Gasteiger partial charge in [0.2, 0.25) is 0 Å². The zero-order valence-corrected chi connectivity index (χ0v) is 11.5. The van der Waals surface area contributed by atoms with E-state index in [0.717, 1.165) is 18.6 Å². The minimum atomic E-state index is -0.921. The summed E-state index contributed by atoms with van der Waals surface area (Å²) >= 11 is 1.78. The fraction of sp³-hybridized carbons (Fsp3) is 0.818. The molecular formula is C11H22N2O3S. The number of unbranched alkanes of at least 4 members (excludes halogenated alkanes) is 1. The molecule has 0 rings (SSSR count). The van der Waals surface area contributed by atoms with E-state index in [2.05, 4.69) is 16.9 Å². The van der Waals surface area contributed by atoms with E-state index in [9.17, 15) is 9.59 Å². The van der Waals surface area contributed by atoms with Crippen LogP contribution in [0.1, 0.15) is 33.1 Å². The third-order valence-electron chi connectivity index (χ3n) is 2.11. The molecule has 0 aliphatic rings. The van der Waals surface area contributed by atoms with Gasteiger partial charge in [0.25, 0.3) is 0 Å². The number of urea groups is 1. The maximum absolute atomic E-state index is 11.5. The molecular weight excluding hydrogens is 240 g/mol. The van der Waals surface area contributed by atoms with Gasteiger partial charge < -0.3 is 15.7 Å². The van der Waals surface area contributed by atoms with Crippen LogP contribution in [0.5, 0.6) is 0 Å². The highest BCUT2D eigenvalue weighted by Gasteiger charge is 2.23. The molecule has 2 amide bonds. The first kappa shape index (κ1) is 16.1. The van der Waals surface area contributed by atoms with Crippen molar-refractivity contribution < 1.29 is 14.7 Å². The lowest BCUT2D eigenvalue weighted by atomic mass is 10.0. The van der Waals surface area contributed by atoms with E-state index in [4.69, 9.17) is 5.11 Å². The average Bonchev–Trinajstić information content (AvgIpc) is 2.14. The Hall–Kier alpha value is -0.910. The first-order chi connectivity index (χ1) is 7.87.